The molecular weight excluding hydrogens is 262 g/mol. The minimum atomic E-state index is -3.22. The molecule has 0 rings (SSSR count). The predicted molar refractivity (Wildman–Crippen MR) is 72.0 cm³/mol. The van der Waals surface area contributed by atoms with Crippen LogP contribution >= 0.6 is 11.6 Å². The first-order chi connectivity index (χ1) is 7.83. The molecule has 0 unspecified atom stereocenters. The van der Waals surface area contributed by atoms with Crippen molar-refractivity contribution >= 4 is 21.6 Å². The van der Waals surface area contributed by atoms with Crippen LogP contribution in [0, 0.1) is 5.41 Å². The van der Waals surface area contributed by atoms with Gasteiger partial charge >= 0.3 is 0 Å². The molecule has 0 heterocycles. The Bertz CT molecular complexity index is 291. The molecule has 0 radical (unpaired) electrons. The van der Waals surface area contributed by atoms with E-state index in [0.717, 1.165) is 12.8 Å². The van der Waals surface area contributed by atoms with Gasteiger partial charge in [-0.25, -0.2) is 13.1 Å². The highest BCUT2D eigenvalue weighted by molar-refractivity contribution is 7.89. The molecule has 0 saturated heterocycles. The summed E-state index contributed by atoms with van der Waals surface area (Å²) in [7, 11) is -3.22. The van der Waals surface area contributed by atoms with Gasteiger partial charge in [-0.05, 0) is 25.2 Å². The molecule has 0 aliphatic carbocycles. The zero-order valence-electron chi connectivity index (χ0n) is 11.0. The molecule has 6 heteroatoms. The number of hydrogen-bond donors (Lipinski definition) is 1. The van der Waals surface area contributed by atoms with E-state index in [-0.39, 0.29) is 17.8 Å². The molecule has 0 fully saturated rings. The maximum atomic E-state index is 11.6. The highest BCUT2D eigenvalue weighted by Gasteiger charge is 2.20. The number of ether oxygens (including phenoxy) is 1. The number of hydrogen-bond acceptors (Lipinski definition) is 3. The molecule has 0 aromatic rings. The van der Waals surface area contributed by atoms with Gasteiger partial charge in [0, 0.05) is 19.0 Å². The van der Waals surface area contributed by atoms with E-state index in [0.29, 0.717) is 19.0 Å². The first-order valence-electron chi connectivity index (χ1n) is 5.94. The molecule has 0 aliphatic rings. The molecule has 0 bridgehead atoms. The Morgan fingerprint density at radius 2 is 2.00 bits per heavy atom. The van der Waals surface area contributed by atoms with E-state index in [1.54, 1.807) is 0 Å². The molecule has 0 aromatic carbocycles. The smallest absolute Gasteiger partial charge is 0.213 e. The van der Waals surface area contributed by atoms with Gasteiger partial charge in [0.2, 0.25) is 10.0 Å². The number of alkyl halides is 1. The lowest BCUT2D eigenvalue weighted by Crippen LogP contribution is -2.36. The zero-order chi connectivity index (χ0) is 13.4. The second-order valence-corrected chi connectivity index (χ2v) is 7.10. The van der Waals surface area contributed by atoms with Gasteiger partial charge in [0.1, 0.15) is 0 Å². The topological polar surface area (TPSA) is 55.4 Å². The second kappa shape index (κ2) is 8.29. The lowest BCUT2D eigenvalue weighted by Gasteiger charge is -2.24. The van der Waals surface area contributed by atoms with Crippen LogP contribution in [0.25, 0.3) is 0 Å². The van der Waals surface area contributed by atoms with Crippen LogP contribution < -0.4 is 4.72 Å². The van der Waals surface area contributed by atoms with Crippen molar-refractivity contribution in [2.75, 3.05) is 31.4 Å². The SMILES string of the molecule is CCOCCS(=O)(=O)NCC(C)(C)CCCCl. The van der Waals surface area contributed by atoms with Crippen LogP contribution in [0.15, 0.2) is 0 Å². The van der Waals surface area contributed by atoms with Crippen molar-refractivity contribution in [1.82, 2.24) is 4.72 Å². The summed E-state index contributed by atoms with van der Waals surface area (Å²) in [5, 5.41) is 0. The summed E-state index contributed by atoms with van der Waals surface area (Å²) >= 11 is 5.63. The third kappa shape index (κ3) is 9.83. The molecule has 0 amide bonds. The van der Waals surface area contributed by atoms with Crippen LogP contribution in [0.4, 0.5) is 0 Å². The van der Waals surface area contributed by atoms with Gasteiger partial charge in [0.05, 0.1) is 12.4 Å². The Labute approximate surface area is 110 Å². The van der Waals surface area contributed by atoms with Crippen molar-refractivity contribution < 1.29 is 13.2 Å². The van der Waals surface area contributed by atoms with Gasteiger partial charge in [0.15, 0.2) is 0 Å². The summed E-state index contributed by atoms with van der Waals surface area (Å²) in [6.45, 7) is 7.13. The second-order valence-electron chi connectivity index (χ2n) is 4.79. The van der Waals surface area contributed by atoms with Gasteiger partial charge in [-0.3, -0.25) is 0 Å². The molecule has 1 N–H and O–H groups in total. The van der Waals surface area contributed by atoms with Gasteiger partial charge in [0.25, 0.3) is 0 Å². The molecular formula is C11H24ClNO3S. The summed E-state index contributed by atoms with van der Waals surface area (Å²) in [5.41, 5.74) is -0.0619. The average Bonchev–Trinajstić information content (AvgIpc) is 2.25. The van der Waals surface area contributed by atoms with Crippen LogP contribution in [-0.2, 0) is 14.8 Å². The largest absolute Gasteiger partial charge is 0.381 e. The van der Waals surface area contributed by atoms with Crippen LogP contribution in [0.2, 0.25) is 0 Å². The van der Waals surface area contributed by atoms with Crippen LogP contribution in [0.3, 0.4) is 0 Å². The summed E-state index contributed by atoms with van der Waals surface area (Å²) < 4.78 is 30.9. The molecule has 0 saturated carbocycles. The van der Waals surface area contributed by atoms with Crippen LogP contribution in [0.1, 0.15) is 33.6 Å². The molecule has 0 aromatic heterocycles. The molecule has 0 aliphatic heterocycles. The van der Waals surface area contributed by atoms with Gasteiger partial charge < -0.3 is 4.74 Å². The van der Waals surface area contributed by atoms with Crippen molar-refractivity contribution in [3.8, 4) is 0 Å². The Kier molecular flexibility index (Phi) is 8.37. The van der Waals surface area contributed by atoms with E-state index >= 15 is 0 Å². The third-order valence-electron chi connectivity index (χ3n) is 2.46. The first-order valence-corrected chi connectivity index (χ1v) is 8.13. The fourth-order valence-corrected chi connectivity index (χ4v) is 2.55. The zero-order valence-corrected chi connectivity index (χ0v) is 12.5. The van der Waals surface area contributed by atoms with Gasteiger partial charge in [-0.15, -0.1) is 11.6 Å². The highest BCUT2D eigenvalue weighted by Crippen LogP contribution is 2.21. The standard InChI is InChI=1S/C11H24ClNO3S/c1-4-16-8-9-17(14,15)13-10-11(2,3)6-5-7-12/h13H,4-10H2,1-3H3. The lowest BCUT2D eigenvalue weighted by molar-refractivity contribution is 0.163. The Morgan fingerprint density at radius 1 is 1.35 bits per heavy atom. The van der Waals surface area contributed by atoms with Crippen LogP contribution in [-0.4, -0.2) is 39.8 Å². The number of rotatable bonds is 10. The molecule has 104 valence electrons. The quantitative estimate of drug-likeness (QED) is 0.493. The summed E-state index contributed by atoms with van der Waals surface area (Å²) in [6.07, 6.45) is 1.81. The average molecular weight is 286 g/mol. The number of sulfonamides is 1. The van der Waals surface area contributed by atoms with Crippen molar-refractivity contribution in [2.24, 2.45) is 5.41 Å². The number of nitrogens with one attached hydrogen (secondary N) is 1. The summed E-state index contributed by atoms with van der Waals surface area (Å²) in [6, 6.07) is 0. The van der Waals surface area contributed by atoms with E-state index in [1.165, 1.54) is 0 Å². The monoisotopic (exact) mass is 285 g/mol. The van der Waals surface area contributed by atoms with E-state index in [4.69, 9.17) is 16.3 Å². The predicted octanol–water partition coefficient (Wildman–Crippen LogP) is 1.99. The maximum Gasteiger partial charge on any atom is 0.213 e. The Hall–Kier alpha value is 0.160. The Morgan fingerprint density at radius 3 is 2.53 bits per heavy atom. The lowest BCUT2D eigenvalue weighted by atomic mass is 9.88. The first kappa shape index (κ1) is 17.2. The minimum absolute atomic E-state index is 0.0203. The van der Waals surface area contributed by atoms with Crippen LogP contribution in [0.5, 0.6) is 0 Å². The minimum Gasteiger partial charge on any atom is -0.381 e. The van der Waals surface area contributed by atoms with Crippen molar-refractivity contribution in [3.63, 3.8) is 0 Å². The summed E-state index contributed by atoms with van der Waals surface area (Å²) in [5.74, 6) is 0.632. The van der Waals surface area contributed by atoms with Gasteiger partial charge in [-0.1, -0.05) is 13.8 Å². The van der Waals surface area contributed by atoms with Crippen molar-refractivity contribution in [3.05, 3.63) is 0 Å². The van der Waals surface area contributed by atoms with E-state index < -0.39 is 10.0 Å². The highest BCUT2D eigenvalue weighted by atomic mass is 35.5. The van der Waals surface area contributed by atoms with E-state index in [1.807, 2.05) is 20.8 Å². The molecule has 0 spiro atoms. The van der Waals surface area contributed by atoms with Crippen molar-refractivity contribution in [2.45, 2.75) is 33.6 Å². The van der Waals surface area contributed by atoms with Gasteiger partial charge in [-0.2, -0.15) is 0 Å². The molecule has 17 heavy (non-hydrogen) atoms. The number of halogens is 1. The van der Waals surface area contributed by atoms with Crippen molar-refractivity contribution in [1.29, 1.82) is 0 Å². The third-order valence-corrected chi connectivity index (χ3v) is 4.01. The maximum absolute atomic E-state index is 11.6. The van der Waals surface area contributed by atoms with E-state index in [9.17, 15) is 8.42 Å². The summed E-state index contributed by atoms with van der Waals surface area (Å²) in [4.78, 5) is 0. The normalized spacial score (nSPS) is 12.9. The van der Waals surface area contributed by atoms with E-state index in [2.05, 4.69) is 4.72 Å². The fraction of sp³-hybridized carbons (Fsp3) is 1.00. The molecule has 0 atom stereocenters. The fourth-order valence-electron chi connectivity index (χ4n) is 1.32. The Balaban J connectivity index is 3.99. The molecule has 4 nitrogen and oxygen atoms in total.